The van der Waals surface area contributed by atoms with Crippen molar-refractivity contribution < 1.29 is 4.79 Å². The molecule has 3 rings (SSSR count). The summed E-state index contributed by atoms with van der Waals surface area (Å²) < 4.78 is 1.50. The molecule has 0 spiro atoms. The van der Waals surface area contributed by atoms with Gasteiger partial charge in [-0.1, -0.05) is 37.6 Å². The maximum atomic E-state index is 13.1. The SMILES string of the molecule is CCCN(C(=O)Nc1ccc(CC)cc1)C(C)c1nc2ccc(Cl)cc2c(=O)n1C. The second-order valence-electron chi connectivity index (χ2n) is 7.35. The van der Waals surface area contributed by atoms with Gasteiger partial charge in [-0.15, -0.1) is 0 Å². The number of hydrogen-bond donors (Lipinski definition) is 1. The number of aromatic nitrogens is 2. The van der Waals surface area contributed by atoms with E-state index in [1.54, 1.807) is 30.1 Å². The van der Waals surface area contributed by atoms with Gasteiger partial charge in [-0.05, 0) is 55.7 Å². The van der Waals surface area contributed by atoms with Crippen molar-refractivity contribution in [2.24, 2.45) is 7.05 Å². The molecule has 6 nitrogen and oxygen atoms in total. The Balaban J connectivity index is 1.93. The smallest absolute Gasteiger partial charge is 0.315 e. The van der Waals surface area contributed by atoms with E-state index in [1.165, 1.54) is 10.1 Å². The number of aryl methyl sites for hydroxylation is 1. The molecule has 3 aromatic rings. The van der Waals surface area contributed by atoms with Gasteiger partial charge in [0.25, 0.3) is 5.56 Å². The number of nitrogens with zero attached hydrogens (tertiary/aromatic N) is 3. The van der Waals surface area contributed by atoms with E-state index in [-0.39, 0.29) is 11.6 Å². The Labute approximate surface area is 181 Å². The van der Waals surface area contributed by atoms with Crippen LogP contribution in [0.15, 0.2) is 47.3 Å². The highest BCUT2D eigenvalue weighted by Gasteiger charge is 2.25. The van der Waals surface area contributed by atoms with Gasteiger partial charge < -0.3 is 10.2 Å². The second-order valence-corrected chi connectivity index (χ2v) is 7.78. The Bertz CT molecular complexity index is 1110. The summed E-state index contributed by atoms with van der Waals surface area (Å²) in [6.45, 7) is 6.53. The van der Waals surface area contributed by atoms with E-state index in [9.17, 15) is 9.59 Å². The highest BCUT2D eigenvalue weighted by Crippen LogP contribution is 2.22. The first-order valence-electron chi connectivity index (χ1n) is 10.2. The van der Waals surface area contributed by atoms with Crippen LogP contribution < -0.4 is 10.9 Å². The lowest BCUT2D eigenvalue weighted by Crippen LogP contribution is -2.40. The number of amides is 2. The van der Waals surface area contributed by atoms with Gasteiger partial charge in [0, 0.05) is 24.3 Å². The number of carbonyl (C=O) groups excluding carboxylic acids is 1. The summed E-state index contributed by atoms with van der Waals surface area (Å²) >= 11 is 6.04. The minimum atomic E-state index is -0.391. The first-order chi connectivity index (χ1) is 14.3. The highest BCUT2D eigenvalue weighted by atomic mass is 35.5. The molecule has 0 radical (unpaired) electrons. The van der Waals surface area contributed by atoms with Gasteiger partial charge in [-0.3, -0.25) is 9.36 Å². The second kappa shape index (κ2) is 9.30. The van der Waals surface area contributed by atoms with Crippen LogP contribution in [-0.2, 0) is 13.5 Å². The molecular weight excluding hydrogens is 400 g/mol. The summed E-state index contributed by atoms with van der Waals surface area (Å²) in [7, 11) is 1.67. The number of anilines is 1. The molecule has 7 heteroatoms. The fourth-order valence-corrected chi connectivity index (χ4v) is 3.68. The average Bonchev–Trinajstić information content (AvgIpc) is 2.75. The quantitative estimate of drug-likeness (QED) is 0.592. The van der Waals surface area contributed by atoms with Crippen LogP contribution >= 0.6 is 11.6 Å². The number of carbonyl (C=O) groups is 1. The Morgan fingerprint density at radius 2 is 1.90 bits per heavy atom. The van der Waals surface area contributed by atoms with E-state index in [2.05, 4.69) is 17.2 Å². The third kappa shape index (κ3) is 4.49. The molecule has 1 aromatic heterocycles. The lowest BCUT2D eigenvalue weighted by molar-refractivity contribution is 0.189. The Hall–Kier alpha value is -2.86. The Morgan fingerprint density at radius 1 is 1.20 bits per heavy atom. The summed E-state index contributed by atoms with van der Waals surface area (Å²) in [6.07, 6.45) is 1.73. The molecule has 1 N–H and O–H groups in total. The van der Waals surface area contributed by atoms with Gasteiger partial charge in [0.05, 0.1) is 16.9 Å². The molecule has 0 saturated heterocycles. The van der Waals surface area contributed by atoms with Crippen LogP contribution in [0.1, 0.15) is 44.6 Å². The largest absolute Gasteiger partial charge is 0.322 e. The third-order valence-electron chi connectivity index (χ3n) is 5.25. The van der Waals surface area contributed by atoms with Crippen LogP contribution in [0.25, 0.3) is 10.9 Å². The monoisotopic (exact) mass is 426 g/mol. The number of nitrogens with one attached hydrogen (secondary N) is 1. The standard InChI is InChI=1S/C23H27ClN4O2/c1-5-13-28(23(30)25-18-10-7-16(6-2)8-11-18)15(3)21-26-20-12-9-17(24)14-19(20)22(29)27(21)4/h7-12,14-15H,5-6,13H2,1-4H3,(H,25,30). The Kier molecular flexibility index (Phi) is 6.77. The molecule has 2 amide bonds. The summed E-state index contributed by atoms with van der Waals surface area (Å²) in [4.78, 5) is 32.3. The van der Waals surface area contributed by atoms with Gasteiger partial charge >= 0.3 is 6.03 Å². The van der Waals surface area contributed by atoms with Crippen molar-refractivity contribution in [3.8, 4) is 0 Å². The van der Waals surface area contributed by atoms with Crippen molar-refractivity contribution in [2.75, 3.05) is 11.9 Å². The molecule has 0 fully saturated rings. The number of rotatable bonds is 6. The minimum absolute atomic E-state index is 0.184. The van der Waals surface area contributed by atoms with Crippen molar-refractivity contribution in [2.45, 2.75) is 39.7 Å². The van der Waals surface area contributed by atoms with Crippen LogP contribution in [0.4, 0.5) is 10.5 Å². The topological polar surface area (TPSA) is 67.2 Å². The summed E-state index contributed by atoms with van der Waals surface area (Å²) in [5, 5.41) is 3.91. The lowest BCUT2D eigenvalue weighted by Gasteiger charge is -2.29. The van der Waals surface area contributed by atoms with Gasteiger partial charge in [-0.2, -0.15) is 0 Å². The van der Waals surface area contributed by atoms with E-state index < -0.39 is 6.04 Å². The van der Waals surface area contributed by atoms with Crippen molar-refractivity contribution in [3.05, 3.63) is 69.2 Å². The fourth-order valence-electron chi connectivity index (χ4n) is 3.50. The number of urea groups is 1. The maximum absolute atomic E-state index is 13.1. The van der Waals surface area contributed by atoms with Crippen molar-refractivity contribution in [3.63, 3.8) is 0 Å². The molecule has 2 aromatic carbocycles. The molecule has 0 aliphatic carbocycles. The maximum Gasteiger partial charge on any atom is 0.322 e. The van der Waals surface area contributed by atoms with Crippen molar-refractivity contribution in [1.82, 2.24) is 14.5 Å². The molecule has 0 bridgehead atoms. The van der Waals surface area contributed by atoms with Gasteiger partial charge in [0.1, 0.15) is 5.82 Å². The van der Waals surface area contributed by atoms with E-state index >= 15 is 0 Å². The number of hydrogen-bond acceptors (Lipinski definition) is 3. The summed E-state index contributed by atoms with van der Waals surface area (Å²) in [5.41, 5.74) is 2.33. The number of benzene rings is 2. The van der Waals surface area contributed by atoms with Gasteiger partial charge in [0.2, 0.25) is 0 Å². The van der Waals surface area contributed by atoms with E-state index in [0.29, 0.717) is 28.3 Å². The number of fused-ring (bicyclic) bond motifs is 1. The zero-order valence-corrected chi connectivity index (χ0v) is 18.5. The normalized spacial score (nSPS) is 12.0. The van der Waals surface area contributed by atoms with Crippen molar-refractivity contribution in [1.29, 1.82) is 0 Å². The first kappa shape index (κ1) is 21.8. The third-order valence-corrected chi connectivity index (χ3v) is 5.49. The molecule has 0 saturated carbocycles. The molecule has 0 aliphatic heterocycles. The van der Waals surface area contributed by atoms with E-state index in [4.69, 9.17) is 11.6 Å². The van der Waals surface area contributed by atoms with E-state index in [0.717, 1.165) is 18.5 Å². The van der Waals surface area contributed by atoms with Gasteiger partial charge in [0.15, 0.2) is 0 Å². The van der Waals surface area contributed by atoms with Crippen LogP contribution in [-0.4, -0.2) is 27.0 Å². The predicted octanol–water partition coefficient (Wildman–Crippen LogP) is 5.15. The molecule has 0 aliphatic rings. The molecule has 1 unspecified atom stereocenters. The number of halogens is 1. The minimum Gasteiger partial charge on any atom is -0.315 e. The zero-order chi connectivity index (χ0) is 21.8. The van der Waals surface area contributed by atoms with Crippen LogP contribution in [0.2, 0.25) is 5.02 Å². The van der Waals surface area contributed by atoms with Crippen molar-refractivity contribution >= 4 is 34.2 Å². The van der Waals surface area contributed by atoms with Crippen LogP contribution in [0.3, 0.4) is 0 Å². The molecule has 1 atom stereocenters. The van der Waals surface area contributed by atoms with Crippen LogP contribution in [0.5, 0.6) is 0 Å². The zero-order valence-electron chi connectivity index (χ0n) is 17.8. The molecule has 30 heavy (non-hydrogen) atoms. The Morgan fingerprint density at radius 3 is 2.53 bits per heavy atom. The first-order valence-corrected chi connectivity index (χ1v) is 10.6. The van der Waals surface area contributed by atoms with Crippen LogP contribution in [0, 0.1) is 0 Å². The van der Waals surface area contributed by atoms with E-state index in [1.807, 2.05) is 38.1 Å². The molecule has 1 heterocycles. The fraction of sp³-hybridized carbons (Fsp3) is 0.348. The summed E-state index contributed by atoms with van der Waals surface area (Å²) in [6, 6.07) is 12.3. The van der Waals surface area contributed by atoms with Gasteiger partial charge in [-0.25, -0.2) is 9.78 Å². The summed E-state index contributed by atoms with van der Waals surface area (Å²) in [5.74, 6) is 0.528. The average molecular weight is 427 g/mol. The molecule has 158 valence electrons. The molecular formula is C23H27ClN4O2. The highest BCUT2D eigenvalue weighted by molar-refractivity contribution is 6.31. The predicted molar refractivity (Wildman–Crippen MR) is 122 cm³/mol. The lowest BCUT2D eigenvalue weighted by atomic mass is 10.1.